The molecule has 2 nitrogen and oxygen atoms in total. The monoisotopic (exact) mass is 385 g/mol. The van der Waals surface area contributed by atoms with E-state index >= 15 is 0 Å². The summed E-state index contributed by atoms with van der Waals surface area (Å²) < 4.78 is 0. The molecule has 1 heterocycles. The van der Waals surface area contributed by atoms with Crippen molar-refractivity contribution in [1.29, 1.82) is 0 Å². The second kappa shape index (κ2) is 7.99. The van der Waals surface area contributed by atoms with Gasteiger partial charge in [0.2, 0.25) is 0 Å². The molecule has 1 atom stereocenters. The number of amides is 1. The van der Waals surface area contributed by atoms with Crippen LogP contribution in [-0.2, 0) is 6.54 Å². The fourth-order valence-electron chi connectivity index (χ4n) is 3.51. The SMILES string of the molecule is Cc1ccsc1CN(C(=O)c1ccc2ccccc2c1)C(C)c1ccccc1. The molecule has 3 heteroatoms. The molecule has 0 aliphatic rings. The van der Waals surface area contributed by atoms with Gasteiger partial charge in [0.1, 0.15) is 0 Å². The molecule has 1 unspecified atom stereocenters. The molecule has 3 aromatic carbocycles. The van der Waals surface area contributed by atoms with Gasteiger partial charge in [-0.2, -0.15) is 0 Å². The number of carbonyl (C=O) groups excluding carboxylic acids is 1. The summed E-state index contributed by atoms with van der Waals surface area (Å²) in [6, 6.07) is 26.5. The molecule has 1 amide bonds. The first-order valence-corrected chi connectivity index (χ1v) is 10.4. The molecular formula is C25H23NOS. The first kappa shape index (κ1) is 18.5. The Balaban J connectivity index is 1.72. The van der Waals surface area contributed by atoms with Crippen molar-refractivity contribution >= 4 is 28.0 Å². The zero-order valence-electron chi connectivity index (χ0n) is 16.1. The lowest BCUT2D eigenvalue weighted by molar-refractivity contribution is 0.0676. The number of hydrogen-bond acceptors (Lipinski definition) is 2. The first-order chi connectivity index (χ1) is 13.6. The average Bonchev–Trinajstić information content (AvgIpc) is 3.15. The van der Waals surface area contributed by atoms with E-state index in [1.54, 1.807) is 11.3 Å². The molecule has 0 aliphatic heterocycles. The molecule has 4 aromatic rings. The van der Waals surface area contributed by atoms with Gasteiger partial charge in [0.25, 0.3) is 5.91 Å². The standard InChI is InChI=1S/C25H23NOS/c1-18-14-15-28-24(18)17-26(19(2)20-8-4-3-5-9-20)25(27)23-13-12-21-10-6-7-11-22(21)16-23/h3-16,19H,17H2,1-2H3. The molecule has 28 heavy (non-hydrogen) atoms. The van der Waals surface area contributed by atoms with Crippen LogP contribution in [0.5, 0.6) is 0 Å². The highest BCUT2D eigenvalue weighted by molar-refractivity contribution is 7.10. The molecule has 0 saturated heterocycles. The zero-order chi connectivity index (χ0) is 19.5. The van der Waals surface area contributed by atoms with Gasteiger partial charge in [-0.1, -0.05) is 60.7 Å². The second-order valence-corrected chi connectivity index (χ2v) is 8.11. The largest absolute Gasteiger partial charge is 0.327 e. The minimum atomic E-state index is -0.0123. The number of nitrogens with zero attached hydrogens (tertiary/aromatic N) is 1. The van der Waals surface area contributed by atoms with Crippen molar-refractivity contribution in [2.75, 3.05) is 0 Å². The van der Waals surface area contributed by atoms with Gasteiger partial charge in [-0.3, -0.25) is 4.79 Å². The van der Waals surface area contributed by atoms with Gasteiger partial charge in [0, 0.05) is 10.4 Å². The van der Waals surface area contributed by atoms with Gasteiger partial charge in [0.05, 0.1) is 12.6 Å². The Morgan fingerprint density at radius 3 is 2.36 bits per heavy atom. The lowest BCUT2D eigenvalue weighted by Gasteiger charge is -2.30. The topological polar surface area (TPSA) is 20.3 Å². The Kier molecular flexibility index (Phi) is 5.27. The minimum Gasteiger partial charge on any atom is -0.327 e. The third-order valence-electron chi connectivity index (χ3n) is 5.29. The molecule has 140 valence electrons. The van der Waals surface area contributed by atoms with Gasteiger partial charge >= 0.3 is 0 Å². The van der Waals surface area contributed by atoms with Crippen molar-refractivity contribution in [1.82, 2.24) is 4.90 Å². The second-order valence-electron chi connectivity index (χ2n) is 7.11. The molecule has 0 fully saturated rings. The van der Waals surface area contributed by atoms with Gasteiger partial charge in [-0.15, -0.1) is 11.3 Å². The van der Waals surface area contributed by atoms with E-state index in [2.05, 4.69) is 49.6 Å². The molecule has 0 radical (unpaired) electrons. The number of thiophene rings is 1. The van der Waals surface area contributed by atoms with E-state index in [9.17, 15) is 4.79 Å². The lowest BCUT2D eigenvalue weighted by Crippen LogP contribution is -2.33. The van der Waals surface area contributed by atoms with Crippen LogP contribution in [0.2, 0.25) is 0 Å². The van der Waals surface area contributed by atoms with Crippen LogP contribution in [0.3, 0.4) is 0 Å². The molecule has 0 N–H and O–H groups in total. The fourth-order valence-corrected chi connectivity index (χ4v) is 4.41. The molecule has 0 aliphatic carbocycles. The predicted octanol–water partition coefficient (Wildman–Crippen LogP) is 6.61. The Labute approximate surface area is 170 Å². The van der Waals surface area contributed by atoms with Gasteiger partial charge < -0.3 is 4.90 Å². The molecule has 0 saturated carbocycles. The third kappa shape index (κ3) is 3.71. The maximum Gasteiger partial charge on any atom is 0.254 e. The average molecular weight is 386 g/mol. The van der Waals surface area contributed by atoms with Crippen molar-refractivity contribution in [2.24, 2.45) is 0 Å². The molecule has 0 bridgehead atoms. The number of carbonyl (C=O) groups is 1. The smallest absolute Gasteiger partial charge is 0.254 e. The highest BCUT2D eigenvalue weighted by atomic mass is 32.1. The molecule has 1 aromatic heterocycles. The maximum absolute atomic E-state index is 13.6. The normalized spacial score (nSPS) is 12.1. The number of hydrogen-bond donors (Lipinski definition) is 0. The van der Waals surface area contributed by atoms with Crippen LogP contribution in [0.4, 0.5) is 0 Å². The zero-order valence-corrected chi connectivity index (χ0v) is 16.9. The quantitative estimate of drug-likeness (QED) is 0.378. The van der Waals surface area contributed by atoms with Gasteiger partial charge in [0.15, 0.2) is 0 Å². The summed E-state index contributed by atoms with van der Waals surface area (Å²) in [6.45, 7) is 4.83. The highest BCUT2D eigenvalue weighted by Gasteiger charge is 2.24. The molecular weight excluding hydrogens is 362 g/mol. The summed E-state index contributed by atoms with van der Waals surface area (Å²) in [7, 11) is 0. The Morgan fingerprint density at radius 2 is 1.64 bits per heavy atom. The van der Waals surface area contributed by atoms with Crippen molar-refractivity contribution in [3.63, 3.8) is 0 Å². The van der Waals surface area contributed by atoms with E-state index in [-0.39, 0.29) is 11.9 Å². The van der Waals surface area contributed by atoms with Crippen molar-refractivity contribution in [2.45, 2.75) is 26.4 Å². The third-order valence-corrected chi connectivity index (χ3v) is 6.30. The van der Waals surface area contributed by atoms with E-state index in [4.69, 9.17) is 0 Å². The van der Waals surface area contributed by atoms with E-state index in [0.717, 1.165) is 21.9 Å². The van der Waals surface area contributed by atoms with Crippen LogP contribution in [0.25, 0.3) is 10.8 Å². The fraction of sp³-hybridized carbons (Fsp3) is 0.160. The van der Waals surface area contributed by atoms with E-state index in [1.807, 2.05) is 53.4 Å². The minimum absolute atomic E-state index is 0.0123. The van der Waals surface area contributed by atoms with Gasteiger partial charge in [-0.25, -0.2) is 0 Å². The van der Waals surface area contributed by atoms with E-state index in [0.29, 0.717) is 6.54 Å². The summed E-state index contributed by atoms with van der Waals surface area (Å²) >= 11 is 1.71. The predicted molar refractivity (Wildman–Crippen MR) is 118 cm³/mol. The van der Waals surface area contributed by atoms with Crippen LogP contribution < -0.4 is 0 Å². The molecule has 0 spiro atoms. The number of fused-ring (bicyclic) bond motifs is 1. The Hall–Kier alpha value is -2.91. The van der Waals surface area contributed by atoms with E-state index in [1.165, 1.54) is 10.4 Å². The Bertz CT molecular complexity index is 1100. The van der Waals surface area contributed by atoms with Crippen molar-refractivity contribution in [3.8, 4) is 0 Å². The van der Waals surface area contributed by atoms with Crippen molar-refractivity contribution < 1.29 is 4.79 Å². The Morgan fingerprint density at radius 1 is 0.929 bits per heavy atom. The van der Waals surface area contributed by atoms with Crippen LogP contribution in [0.1, 0.15) is 39.3 Å². The van der Waals surface area contributed by atoms with E-state index < -0.39 is 0 Å². The number of aryl methyl sites for hydroxylation is 1. The van der Waals surface area contributed by atoms with Gasteiger partial charge in [-0.05, 0) is 59.3 Å². The summed E-state index contributed by atoms with van der Waals surface area (Å²) in [6.07, 6.45) is 0. The number of rotatable bonds is 5. The van der Waals surface area contributed by atoms with Crippen LogP contribution in [0, 0.1) is 6.92 Å². The number of benzene rings is 3. The summed E-state index contributed by atoms with van der Waals surface area (Å²) in [5.41, 5.74) is 3.11. The van der Waals surface area contributed by atoms with Crippen LogP contribution in [0.15, 0.2) is 84.2 Å². The maximum atomic E-state index is 13.6. The van der Waals surface area contributed by atoms with Crippen LogP contribution in [-0.4, -0.2) is 10.8 Å². The first-order valence-electron chi connectivity index (χ1n) is 9.51. The highest BCUT2D eigenvalue weighted by Crippen LogP contribution is 2.28. The molecule has 4 rings (SSSR count). The summed E-state index contributed by atoms with van der Waals surface area (Å²) in [5, 5.41) is 4.33. The lowest BCUT2D eigenvalue weighted by atomic mass is 10.0. The van der Waals surface area contributed by atoms with Crippen LogP contribution >= 0.6 is 11.3 Å². The van der Waals surface area contributed by atoms with Crippen molar-refractivity contribution in [3.05, 3.63) is 106 Å². The summed E-state index contributed by atoms with van der Waals surface area (Å²) in [5.74, 6) is 0.0647. The summed E-state index contributed by atoms with van der Waals surface area (Å²) in [4.78, 5) is 16.8.